The van der Waals surface area contributed by atoms with Crippen LogP contribution in [0.5, 0.6) is 0 Å². The Balaban J connectivity index is 5.36. The highest BCUT2D eigenvalue weighted by atomic mass is 28.3. The minimum atomic E-state index is -1.41. The molecule has 18 heavy (non-hydrogen) atoms. The van der Waals surface area contributed by atoms with Gasteiger partial charge < -0.3 is 5.11 Å². The number of aliphatic hydroxyl groups is 1. The summed E-state index contributed by atoms with van der Waals surface area (Å²) in [6.45, 7) is 16.9. The van der Waals surface area contributed by atoms with E-state index in [4.69, 9.17) is 0 Å². The van der Waals surface area contributed by atoms with Crippen LogP contribution in [-0.2, 0) is 0 Å². The van der Waals surface area contributed by atoms with Crippen molar-refractivity contribution in [3.8, 4) is 0 Å². The van der Waals surface area contributed by atoms with Gasteiger partial charge in [0.1, 0.15) is 0 Å². The molecule has 0 aliphatic carbocycles. The number of hydrogen-bond donors (Lipinski definition) is 1. The highest BCUT2D eigenvalue weighted by Gasteiger charge is 2.30. The Bertz CT molecular complexity index is 291. The summed E-state index contributed by atoms with van der Waals surface area (Å²) in [5.74, 6) is 0. The van der Waals surface area contributed by atoms with Crippen molar-refractivity contribution in [2.24, 2.45) is 0 Å². The van der Waals surface area contributed by atoms with E-state index in [0.29, 0.717) is 0 Å². The van der Waals surface area contributed by atoms with Crippen LogP contribution in [0, 0.1) is 0 Å². The molecular weight excluding hydrogens is 236 g/mol. The Kier molecular flexibility index (Phi) is 7.16. The largest absolute Gasteiger partial charge is 0.386 e. The minimum Gasteiger partial charge on any atom is -0.386 e. The summed E-state index contributed by atoms with van der Waals surface area (Å²) in [7, 11) is -1.41. The third-order valence-electron chi connectivity index (χ3n) is 3.40. The average Bonchev–Trinajstić information content (AvgIpc) is 2.14. The maximum Gasteiger partial charge on any atom is 0.0786 e. The number of hydrogen-bond acceptors (Lipinski definition) is 1. The second-order valence-corrected chi connectivity index (χ2v) is 11.3. The summed E-state index contributed by atoms with van der Waals surface area (Å²) in [6, 6.07) is 2.63. The fraction of sp³-hybridized carbons (Fsp3) is 0.750. The number of rotatable bonds is 8. The van der Waals surface area contributed by atoms with Gasteiger partial charge in [0.25, 0.3) is 0 Å². The van der Waals surface area contributed by atoms with Crippen LogP contribution in [0.2, 0.25) is 18.6 Å². The van der Waals surface area contributed by atoms with Crippen LogP contribution in [0.3, 0.4) is 0 Å². The Morgan fingerprint density at radius 2 is 1.67 bits per heavy atom. The fourth-order valence-electron chi connectivity index (χ4n) is 2.74. The SMILES string of the molecule is C=C(C)C/C(=C/C(C)(C)O)[Si](C)(CCC)CCC. The van der Waals surface area contributed by atoms with Crippen LogP contribution in [0.1, 0.15) is 53.9 Å². The molecule has 0 radical (unpaired) electrons. The van der Waals surface area contributed by atoms with E-state index in [1.807, 2.05) is 13.8 Å². The molecular formula is C16H32OSi. The molecule has 0 heterocycles. The molecule has 0 aromatic carbocycles. The first-order valence-electron chi connectivity index (χ1n) is 7.23. The fourth-order valence-corrected chi connectivity index (χ4v) is 7.27. The summed E-state index contributed by atoms with van der Waals surface area (Å²) < 4.78 is 0. The monoisotopic (exact) mass is 268 g/mol. The third-order valence-corrected chi connectivity index (χ3v) is 8.48. The van der Waals surface area contributed by atoms with Crippen LogP contribution in [0.15, 0.2) is 23.4 Å². The van der Waals surface area contributed by atoms with Crippen molar-refractivity contribution in [3.05, 3.63) is 23.4 Å². The summed E-state index contributed by atoms with van der Waals surface area (Å²) in [6.07, 6.45) is 5.55. The van der Waals surface area contributed by atoms with Crippen molar-refractivity contribution in [3.63, 3.8) is 0 Å². The van der Waals surface area contributed by atoms with Crippen LogP contribution >= 0.6 is 0 Å². The Morgan fingerprint density at radius 1 is 1.22 bits per heavy atom. The van der Waals surface area contributed by atoms with Crippen molar-refractivity contribution in [1.29, 1.82) is 0 Å². The van der Waals surface area contributed by atoms with E-state index >= 15 is 0 Å². The van der Waals surface area contributed by atoms with Gasteiger partial charge in [-0.15, -0.1) is 0 Å². The molecule has 0 atom stereocenters. The smallest absolute Gasteiger partial charge is 0.0786 e. The van der Waals surface area contributed by atoms with E-state index in [2.05, 4.69) is 40.0 Å². The molecule has 0 amide bonds. The molecule has 0 saturated heterocycles. The van der Waals surface area contributed by atoms with Gasteiger partial charge in [0.2, 0.25) is 0 Å². The Morgan fingerprint density at radius 3 is 1.94 bits per heavy atom. The first-order chi connectivity index (χ1) is 8.14. The van der Waals surface area contributed by atoms with Gasteiger partial charge >= 0.3 is 0 Å². The van der Waals surface area contributed by atoms with Gasteiger partial charge in [-0.25, -0.2) is 0 Å². The lowest BCUT2D eigenvalue weighted by molar-refractivity contribution is 0.132. The minimum absolute atomic E-state index is 0.708. The summed E-state index contributed by atoms with van der Waals surface area (Å²) in [4.78, 5) is 0. The highest BCUT2D eigenvalue weighted by molar-refractivity contribution is 6.85. The molecule has 0 aliphatic rings. The molecule has 0 saturated carbocycles. The molecule has 0 rings (SSSR count). The van der Waals surface area contributed by atoms with E-state index in [1.54, 1.807) is 0 Å². The third kappa shape index (κ3) is 6.55. The van der Waals surface area contributed by atoms with Crippen LogP contribution in [0.4, 0.5) is 0 Å². The molecule has 0 aliphatic heterocycles. The zero-order valence-corrected chi connectivity index (χ0v) is 14.3. The summed E-state index contributed by atoms with van der Waals surface area (Å²) in [5, 5.41) is 11.6. The zero-order chi connectivity index (χ0) is 14.4. The van der Waals surface area contributed by atoms with E-state index in [9.17, 15) is 5.11 Å². The molecule has 106 valence electrons. The van der Waals surface area contributed by atoms with Crippen molar-refractivity contribution in [1.82, 2.24) is 0 Å². The van der Waals surface area contributed by atoms with Crippen LogP contribution in [0.25, 0.3) is 0 Å². The standard InChI is InChI=1S/C16H32OSi/c1-8-10-18(7,11-9-2)15(12-14(3)4)13-16(5,6)17/h13,17H,3,8-12H2,1-2,4-7H3/b15-13-. The average molecular weight is 269 g/mol. The molecule has 1 nitrogen and oxygen atoms in total. The molecule has 1 N–H and O–H groups in total. The van der Waals surface area contributed by atoms with Gasteiger partial charge in [0.05, 0.1) is 13.7 Å². The number of allylic oxidation sites excluding steroid dienone is 2. The first-order valence-corrected chi connectivity index (χ1v) is 10.1. The predicted octanol–water partition coefficient (Wildman–Crippen LogP) is 5.09. The molecule has 2 heteroatoms. The van der Waals surface area contributed by atoms with E-state index in [-0.39, 0.29) is 0 Å². The normalized spacial score (nSPS) is 13.8. The topological polar surface area (TPSA) is 20.2 Å². The van der Waals surface area contributed by atoms with E-state index in [1.165, 1.54) is 35.7 Å². The predicted molar refractivity (Wildman–Crippen MR) is 85.6 cm³/mol. The summed E-state index contributed by atoms with van der Waals surface area (Å²) in [5.41, 5.74) is 0.497. The van der Waals surface area contributed by atoms with Gasteiger partial charge in [-0.2, -0.15) is 0 Å². The molecule has 0 aromatic heterocycles. The van der Waals surface area contributed by atoms with Gasteiger partial charge in [-0.3, -0.25) is 0 Å². The van der Waals surface area contributed by atoms with Gasteiger partial charge in [0.15, 0.2) is 0 Å². The maximum atomic E-state index is 10.1. The van der Waals surface area contributed by atoms with Crippen molar-refractivity contribution < 1.29 is 5.11 Å². The van der Waals surface area contributed by atoms with Crippen LogP contribution < -0.4 is 0 Å². The molecule has 0 spiro atoms. The zero-order valence-electron chi connectivity index (χ0n) is 13.3. The molecule has 0 fully saturated rings. The highest BCUT2D eigenvalue weighted by Crippen LogP contribution is 2.32. The van der Waals surface area contributed by atoms with E-state index < -0.39 is 13.7 Å². The molecule has 0 aromatic rings. The second-order valence-electron chi connectivity index (χ2n) is 6.52. The first kappa shape index (κ1) is 17.7. The molecule has 0 bridgehead atoms. The molecule has 0 unspecified atom stereocenters. The van der Waals surface area contributed by atoms with E-state index in [0.717, 1.165) is 6.42 Å². The van der Waals surface area contributed by atoms with Gasteiger partial charge in [-0.05, 0) is 27.2 Å². The van der Waals surface area contributed by atoms with Gasteiger partial charge in [0, 0.05) is 0 Å². The van der Waals surface area contributed by atoms with Gasteiger partial charge in [-0.1, -0.05) is 68.7 Å². The quantitative estimate of drug-likeness (QED) is 0.480. The Hall–Kier alpha value is -0.343. The van der Waals surface area contributed by atoms with Crippen molar-refractivity contribution >= 4 is 8.07 Å². The van der Waals surface area contributed by atoms with Crippen LogP contribution in [-0.4, -0.2) is 18.8 Å². The lowest BCUT2D eigenvalue weighted by Crippen LogP contribution is -2.35. The van der Waals surface area contributed by atoms with Crippen molar-refractivity contribution in [2.75, 3.05) is 0 Å². The lowest BCUT2D eigenvalue weighted by Gasteiger charge is -2.32. The lowest BCUT2D eigenvalue weighted by atomic mass is 10.1. The maximum absolute atomic E-state index is 10.1. The Labute approximate surface area is 115 Å². The summed E-state index contributed by atoms with van der Waals surface area (Å²) >= 11 is 0. The van der Waals surface area contributed by atoms with Crippen molar-refractivity contribution in [2.45, 2.75) is 78.1 Å². The second kappa shape index (κ2) is 7.30.